The summed E-state index contributed by atoms with van der Waals surface area (Å²) in [4.78, 5) is 30.9. The van der Waals surface area contributed by atoms with Gasteiger partial charge >= 0.3 is 6.18 Å². The van der Waals surface area contributed by atoms with Crippen LogP contribution in [0, 0.1) is 5.82 Å². The molecule has 1 aliphatic carbocycles. The second-order valence-electron chi connectivity index (χ2n) is 10.1. The molecule has 12 heteroatoms. The zero-order valence-corrected chi connectivity index (χ0v) is 21.1. The van der Waals surface area contributed by atoms with Crippen molar-refractivity contribution < 1.29 is 40.3 Å². The SMILES string of the molecule is O=C(N[C@@H](c1ccccc1)c1ccc(C2CC(F)(F)C2)c(F)c1)[C@@H]1CCCN1C(=O)Cc1nc(C(F)(F)F)co1. The van der Waals surface area contributed by atoms with Gasteiger partial charge in [0.05, 0.1) is 6.04 Å². The number of hydrogen-bond acceptors (Lipinski definition) is 4. The maximum atomic E-state index is 15.0. The molecule has 1 saturated carbocycles. The Morgan fingerprint density at radius 3 is 2.45 bits per heavy atom. The molecule has 2 aromatic carbocycles. The van der Waals surface area contributed by atoms with Gasteiger partial charge in [0.1, 0.15) is 24.5 Å². The number of amides is 2. The predicted molar refractivity (Wildman–Crippen MR) is 130 cm³/mol. The maximum Gasteiger partial charge on any atom is 0.436 e. The molecule has 0 spiro atoms. The van der Waals surface area contributed by atoms with Gasteiger partial charge in [-0.15, -0.1) is 0 Å². The Balaban J connectivity index is 1.33. The van der Waals surface area contributed by atoms with E-state index in [-0.39, 0.29) is 12.1 Å². The molecule has 40 heavy (non-hydrogen) atoms. The lowest BCUT2D eigenvalue weighted by Crippen LogP contribution is -2.47. The third kappa shape index (κ3) is 5.85. The van der Waals surface area contributed by atoms with Crippen molar-refractivity contribution in [1.82, 2.24) is 15.2 Å². The fourth-order valence-electron chi connectivity index (χ4n) is 5.27. The van der Waals surface area contributed by atoms with Crippen LogP contribution in [0.5, 0.6) is 0 Å². The monoisotopic (exact) mass is 565 g/mol. The molecule has 1 N–H and O–H groups in total. The number of oxazole rings is 1. The van der Waals surface area contributed by atoms with Crippen LogP contribution in [0.15, 0.2) is 59.2 Å². The number of rotatable bonds is 7. The zero-order valence-electron chi connectivity index (χ0n) is 21.1. The molecule has 6 nitrogen and oxygen atoms in total. The van der Waals surface area contributed by atoms with Gasteiger partial charge in [-0.1, -0.05) is 42.5 Å². The van der Waals surface area contributed by atoms with E-state index in [1.807, 2.05) is 0 Å². The topological polar surface area (TPSA) is 75.4 Å². The van der Waals surface area contributed by atoms with Gasteiger partial charge in [0.2, 0.25) is 23.6 Å². The highest BCUT2D eigenvalue weighted by molar-refractivity contribution is 5.89. The van der Waals surface area contributed by atoms with Crippen LogP contribution in [0.25, 0.3) is 0 Å². The van der Waals surface area contributed by atoms with Crippen molar-refractivity contribution in [1.29, 1.82) is 0 Å². The molecule has 0 radical (unpaired) electrons. The summed E-state index contributed by atoms with van der Waals surface area (Å²) in [5.41, 5.74) is -0.0303. The van der Waals surface area contributed by atoms with Gasteiger partial charge in [-0.05, 0) is 41.5 Å². The summed E-state index contributed by atoms with van der Waals surface area (Å²) in [6.07, 6.45) is -4.85. The molecule has 0 bridgehead atoms. The predicted octanol–water partition coefficient (Wildman–Crippen LogP) is 5.78. The summed E-state index contributed by atoms with van der Waals surface area (Å²) in [7, 11) is 0. The first-order chi connectivity index (χ1) is 18.9. The number of nitrogens with one attached hydrogen (secondary N) is 1. The lowest BCUT2D eigenvalue weighted by atomic mass is 9.76. The van der Waals surface area contributed by atoms with E-state index < -0.39 is 78.6 Å². The summed E-state index contributed by atoms with van der Waals surface area (Å²) in [5, 5.41) is 2.87. The van der Waals surface area contributed by atoms with Crippen LogP contribution in [0.3, 0.4) is 0 Å². The molecule has 2 fully saturated rings. The lowest BCUT2D eigenvalue weighted by Gasteiger charge is -2.35. The largest absolute Gasteiger partial charge is 0.448 e. The van der Waals surface area contributed by atoms with Crippen LogP contribution in [-0.2, 0) is 22.2 Å². The fourth-order valence-corrected chi connectivity index (χ4v) is 5.27. The number of halogens is 6. The molecular formula is C28H25F6N3O3. The third-order valence-corrected chi connectivity index (χ3v) is 7.33. The molecule has 3 aromatic rings. The number of nitrogens with zero attached hydrogens (tertiary/aromatic N) is 2. The molecule has 2 amide bonds. The van der Waals surface area contributed by atoms with Gasteiger partial charge in [-0.3, -0.25) is 9.59 Å². The van der Waals surface area contributed by atoms with Crippen molar-refractivity contribution in [2.24, 2.45) is 0 Å². The van der Waals surface area contributed by atoms with Gasteiger partial charge < -0.3 is 14.6 Å². The average Bonchev–Trinajstić information content (AvgIpc) is 3.56. The number of likely N-dealkylation sites (tertiary alicyclic amines) is 1. The van der Waals surface area contributed by atoms with Crippen LogP contribution in [-0.4, -0.2) is 40.2 Å². The van der Waals surface area contributed by atoms with Gasteiger partial charge in [0, 0.05) is 19.4 Å². The van der Waals surface area contributed by atoms with E-state index in [1.54, 1.807) is 36.4 Å². The highest BCUT2D eigenvalue weighted by Crippen LogP contribution is 2.49. The first-order valence-electron chi connectivity index (χ1n) is 12.7. The van der Waals surface area contributed by atoms with E-state index in [0.29, 0.717) is 30.2 Å². The summed E-state index contributed by atoms with van der Waals surface area (Å²) >= 11 is 0. The maximum absolute atomic E-state index is 15.0. The molecule has 2 aliphatic rings. The Kier molecular flexibility index (Phi) is 7.36. The normalized spacial score (nSPS) is 19.8. The van der Waals surface area contributed by atoms with E-state index in [2.05, 4.69) is 10.3 Å². The van der Waals surface area contributed by atoms with Crippen LogP contribution in [0.1, 0.15) is 65.9 Å². The quantitative estimate of drug-likeness (QED) is 0.369. The minimum absolute atomic E-state index is 0.195. The first-order valence-corrected chi connectivity index (χ1v) is 12.7. The van der Waals surface area contributed by atoms with E-state index in [9.17, 15) is 31.5 Å². The van der Waals surface area contributed by atoms with Gasteiger partial charge in [-0.25, -0.2) is 18.2 Å². The smallest absolute Gasteiger partial charge is 0.436 e. The Hall–Kier alpha value is -3.83. The standard InChI is InChI=1S/C28H25F6N3O3/c29-20-11-17(8-9-19(20)18-13-27(30,31)14-18)25(16-5-2-1-3-6-16)36-26(39)21-7-4-10-37(21)24(38)12-23-35-22(15-40-23)28(32,33)34/h1-3,5-6,8-9,11,15,18,21,25H,4,7,10,12-14H2,(H,36,39)/t21-,25-/m0/s1. The van der Waals surface area contributed by atoms with Crippen molar-refractivity contribution in [2.45, 2.75) is 62.2 Å². The minimum atomic E-state index is -4.71. The van der Waals surface area contributed by atoms with E-state index in [0.717, 1.165) is 0 Å². The number of benzene rings is 2. The number of alkyl halides is 5. The molecule has 1 aromatic heterocycles. The van der Waals surface area contributed by atoms with Gasteiger partial charge in [0.15, 0.2) is 5.69 Å². The van der Waals surface area contributed by atoms with Crippen LogP contribution < -0.4 is 5.32 Å². The highest BCUT2D eigenvalue weighted by Gasteiger charge is 2.46. The molecule has 5 rings (SSSR count). The summed E-state index contributed by atoms with van der Waals surface area (Å²) < 4.78 is 85.0. The van der Waals surface area contributed by atoms with E-state index >= 15 is 4.39 Å². The van der Waals surface area contributed by atoms with Crippen LogP contribution >= 0.6 is 0 Å². The van der Waals surface area contributed by atoms with Gasteiger partial charge in [0.25, 0.3) is 0 Å². The lowest BCUT2D eigenvalue weighted by molar-refractivity contribution is -0.141. The summed E-state index contributed by atoms with van der Waals surface area (Å²) in [6, 6.07) is 11.3. The third-order valence-electron chi connectivity index (χ3n) is 7.33. The van der Waals surface area contributed by atoms with Crippen LogP contribution in [0.2, 0.25) is 0 Å². The fraction of sp³-hybridized carbons (Fsp3) is 0.393. The molecule has 2 atom stereocenters. The van der Waals surface area contributed by atoms with E-state index in [1.165, 1.54) is 17.0 Å². The molecular weight excluding hydrogens is 540 g/mol. The number of carbonyl (C=O) groups is 2. The highest BCUT2D eigenvalue weighted by atomic mass is 19.4. The number of aromatic nitrogens is 1. The Labute approximate surface area is 225 Å². The molecule has 1 aliphatic heterocycles. The van der Waals surface area contributed by atoms with Crippen molar-refractivity contribution in [3.05, 3.63) is 88.9 Å². The van der Waals surface area contributed by atoms with Crippen molar-refractivity contribution in [3.8, 4) is 0 Å². The molecule has 0 unspecified atom stereocenters. The Morgan fingerprint density at radius 2 is 1.82 bits per heavy atom. The second kappa shape index (κ2) is 10.6. The summed E-state index contributed by atoms with van der Waals surface area (Å²) in [6.45, 7) is 0.217. The minimum Gasteiger partial charge on any atom is -0.448 e. The van der Waals surface area contributed by atoms with Crippen molar-refractivity contribution in [2.75, 3.05) is 6.54 Å². The molecule has 212 valence electrons. The molecule has 1 saturated heterocycles. The number of hydrogen-bond donors (Lipinski definition) is 1. The second-order valence-corrected chi connectivity index (χ2v) is 10.1. The zero-order chi connectivity index (χ0) is 28.7. The van der Waals surface area contributed by atoms with Crippen LogP contribution in [0.4, 0.5) is 26.3 Å². The first kappa shape index (κ1) is 27.7. The average molecular weight is 566 g/mol. The van der Waals surface area contributed by atoms with Crippen molar-refractivity contribution in [3.63, 3.8) is 0 Å². The van der Waals surface area contributed by atoms with Crippen molar-refractivity contribution >= 4 is 11.8 Å². The Bertz CT molecular complexity index is 1380. The molecule has 2 heterocycles. The van der Waals surface area contributed by atoms with Gasteiger partial charge in [-0.2, -0.15) is 13.2 Å². The van der Waals surface area contributed by atoms with E-state index in [4.69, 9.17) is 4.42 Å². The summed E-state index contributed by atoms with van der Waals surface area (Å²) in [5.74, 6) is -5.57. The Morgan fingerprint density at radius 1 is 1.10 bits per heavy atom. The number of carbonyl (C=O) groups excluding carboxylic acids is 2.